The van der Waals surface area contributed by atoms with Crippen molar-refractivity contribution in [2.75, 3.05) is 6.54 Å². The first-order valence-corrected chi connectivity index (χ1v) is 9.08. The van der Waals surface area contributed by atoms with Crippen molar-refractivity contribution in [2.24, 2.45) is 11.8 Å². The van der Waals surface area contributed by atoms with Crippen molar-refractivity contribution in [1.82, 2.24) is 10.6 Å². The van der Waals surface area contributed by atoms with E-state index < -0.39 is 5.60 Å². The number of hydrogen-bond donors (Lipinski definition) is 2. The highest BCUT2D eigenvalue weighted by Crippen LogP contribution is 2.31. The summed E-state index contributed by atoms with van der Waals surface area (Å²) in [5.74, 6) is 1.39. The van der Waals surface area contributed by atoms with Gasteiger partial charge in [-0.25, -0.2) is 4.79 Å². The highest BCUT2D eigenvalue weighted by atomic mass is 16.6. The molecule has 2 saturated carbocycles. The Balaban J connectivity index is 1.77. The van der Waals surface area contributed by atoms with Gasteiger partial charge in [-0.2, -0.15) is 0 Å². The van der Waals surface area contributed by atoms with Crippen LogP contribution < -0.4 is 10.6 Å². The molecule has 2 rings (SSSR count). The zero-order chi connectivity index (χ0) is 16.2. The van der Waals surface area contributed by atoms with Gasteiger partial charge < -0.3 is 15.4 Å². The van der Waals surface area contributed by atoms with Crippen LogP contribution >= 0.6 is 0 Å². The molecule has 0 aromatic carbocycles. The van der Waals surface area contributed by atoms with Gasteiger partial charge in [-0.15, -0.1) is 0 Å². The minimum absolute atomic E-state index is 0.288. The van der Waals surface area contributed by atoms with Gasteiger partial charge in [0.15, 0.2) is 0 Å². The fourth-order valence-corrected chi connectivity index (χ4v) is 3.61. The zero-order valence-corrected chi connectivity index (χ0v) is 14.8. The van der Waals surface area contributed by atoms with Gasteiger partial charge in [-0.05, 0) is 65.2 Å². The molecule has 4 heteroatoms. The molecule has 1 amide bonds. The van der Waals surface area contributed by atoms with Gasteiger partial charge in [0.25, 0.3) is 0 Å². The standard InChI is InChI=1S/C18H34N2O2/c1-13(14-9-7-10-14)20-16-11-6-5-8-15(16)12-19-17(21)22-18(2,3)4/h13-16,20H,5-12H2,1-4H3,(H,19,21). The molecule has 3 atom stereocenters. The summed E-state index contributed by atoms with van der Waals surface area (Å²) in [6.45, 7) is 8.76. The Morgan fingerprint density at radius 1 is 1.14 bits per heavy atom. The minimum Gasteiger partial charge on any atom is -0.444 e. The maximum absolute atomic E-state index is 11.8. The molecule has 0 heterocycles. The van der Waals surface area contributed by atoms with Crippen LogP contribution in [0.1, 0.15) is 72.6 Å². The highest BCUT2D eigenvalue weighted by Gasteiger charge is 2.30. The zero-order valence-electron chi connectivity index (χ0n) is 14.8. The number of carbonyl (C=O) groups is 1. The van der Waals surface area contributed by atoms with Crippen LogP contribution in [0.3, 0.4) is 0 Å². The lowest BCUT2D eigenvalue weighted by molar-refractivity contribution is 0.0508. The third kappa shape index (κ3) is 5.45. The molecule has 2 aliphatic rings. The lowest BCUT2D eigenvalue weighted by Gasteiger charge is -2.39. The van der Waals surface area contributed by atoms with Gasteiger partial charge in [0.1, 0.15) is 5.60 Å². The third-order valence-corrected chi connectivity index (χ3v) is 5.15. The monoisotopic (exact) mass is 310 g/mol. The average Bonchev–Trinajstić information content (AvgIpc) is 2.33. The van der Waals surface area contributed by atoms with E-state index in [0.717, 1.165) is 12.5 Å². The van der Waals surface area contributed by atoms with Gasteiger partial charge in [-0.3, -0.25) is 0 Å². The number of hydrogen-bond acceptors (Lipinski definition) is 3. The second kappa shape index (κ2) is 7.67. The van der Waals surface area contributed by atoms with Crippen LogP contribution in [0, 0.1) is 11.8 Å². The summed E-state index contributed by atoms with van der Waals surface area (Å²) in [4.78, 5) is 11.8. The van der Waals surface area contributed by atoms with E-state index in [0.29, 0.717) is 18.0 Å². The van der Waals surface area contributed by atoms with Crippen molar-refractivity contribution in [3.05, 3.63) is 0 Å². The molecular weight excluding hydrogens is 276 g/mol. The van der Waals surface area contributed by atoms with E-state index in [1.165, 1.54) is 44.9 Å². The molecular formula is C18H34N2O2. The number of rotatable bonds is 5. The Labute approximate surface area is 135 Å². The van der Waals surface area contributed by atoms with Crippen LogP contribution in [0.25, 0.3) is 0 Å². The van der Waals surface area contributed by atoms with Crippen LogP contribution in [0.2, 0.25) is 0 Å². The summed E-state index contributed by atoms with van der Waals surface area (Å²) >= 11 is 0. The van der Waals surface area contributed by atoms with Crippen LogP contribution in [-0.2, 0) is 4.74 Å². The quantitative estimate of drug-likeness (QED) is 0.811. The highest BCUT2D eigenvalue weighted by molar-refractivity contribution is 5.67. The Morgan fingerprint density at radius 3 is 2.41 bits per heavy atom. The molecule has 2 N–H and O–H groups in total. The molecule has 3 unspecified atom stereocenters. The summed E-state index contributed by atoms with van der Waals surface area (Å²) in [5, 5.41) is 6.82. The lowest BCUT2D eigenvalue weighted by atomic mass is 9.78. The van der Waals surface area contributed by atoms with Gasteiger partial charge in [0, 0.05) is 18.6 Å². The predicted molar refractivity (Wildman–Crippen MR) is 89.9 cm³/mol. The second-order valence-electron chi connectivity index (χ2n) is 8.18. The van der Waals surface area contributed by atoms with Crippen molar-refractivity contribution in [3.63, 3.8) is 0 Å². The molecule has 0 aromatic heterocycles. The number of alkyl carbamates (subject to hydrolysis) is 1. The summed E-state index contributed by atoms with van der Waals surface area (Å²) in [6.07, 6.45) is 8.87. The third-order valence-electron chi connectivity index (χ3n) is 5.15. The van der Waals surface area contributed by atoms with Gasteiger partial charge >= 0.3 is 6.09 Å². The number of amides is 1. The Kier molecular flexibility index (Phi) is 6.13. The first-order valence-electron chi connectivity index (χ1n) is 9.08. The molecule has 0 aliphatic heterocycles. The summed E-state index contributed by atoms with van der Waals surface area (Å²) in [6, 6.07) is 1.15. The van der Waals surface area contributed by atoms with E-state index in [1.54, 1.807) is 0 Å². The number of ether oxygens (including phenoxy) is 1. The van der Waals surface area contributed by atoms with Crippen molar-refractivity contribution in [2.45, 2.75) is 90.3 Å². The maximum Gasteiger partial charge on any atom is 0.407 e. The Morgan fingerprint density at radius 2 is 1.82 bits per heavy atom. The molecule has 2 aliphatic carbocycles. The smallest absolute Gasteiger partial charge is 0.407 e. The fraction of sp³-hybridized carbons (Fsp3) is 0.944. The summed E-state index contributed by atoms with van der Waals surface area (Å²) in [7, 11) is 0. The van der Waals surface area contributed by atoms with Crippen molar-refractivity contribution >= 4 is 6.09 Å². The maximum atomic E-state index is 11.8. The predicted octanol–water partition coefficient (Wildman–Crippen LogP) is 3.85. The molecule has 22 heavy (non-hydrogen) atoms. The molecule has 0 saturated heterocycles. The molecule has 0 aromatic rings. The Bertz CT molecular complexity index is 361. The van der Waals surface area contributed by atoms with Crippen molar-refractivity contribution in [3.8, 4) is 0 Å². The minimum atomic E-state index is -0.424. The van der Waals surface area contributed by atoms with E-state index in [9.17, 15) is 4.79 Å². The lowest BCUT2D eigenvalue weighted by Crippen LogP contribution is -2.50. The Hall–Kier alpha value is -0.770. The molecule has 4 nitrogen and oxygen atoms in total. The first kappa shape index (κ1) is 17.6. The van der Waals surface area contributed by atoms with E-state index >= 15 is 0 Å². The molecule has 0 bridgehead atoms. The SMILES string of the molecule is CC(NC1CCCCC1CNC(=O)OC(C)(C)C)C1CCC1. The van der Waals surface area contributed by atoms with E-state index in [1.807, 2.05) is 20.8 Å². The topological polar surface area (TPSA) is 50.4 Å². The van der Waals surface area contributed by atoms with Gasteiger partial charge in [-0.1, -0.05) is 19.3 Å². The van der Waals surface area contributed by atoms with Gasteiger partial charge in [0.05, 0.1) is 0 Å². The van der Waals surface area contributed by atoms with E-state index in [4.69, 9.17) is 4.74 Å². The first-order chi connectivity index (χ1) is 10.3. The van der Waals surface area contributed by atoms with Crippen LogP contribution in [0.15, 0.2) is 0 Å². The summed E-state index contributed by atoms with van der Waals surface area (Å²) < 4.78 is 5.34. The number of carbonyl (C=O) groups excluding carboxylic acids is 1. The fourth-order valence-electron chi connectivity index (χ4n) is 3.61. The van der Waals surface area contributed by atoms with Gasteiger partial charge in [0.2, 0.25) is 0 Å². The average molecular weight is 310 g/mol. The van der Waals surface area contributed by atoms with Crippen LogP contribution in [0.5, 0.6) is 0 Å². The molecule has 0 spiro atoms. The van der Waals surface area contributed by atoms with E-state index in [-0.39, 0.29) is 6.09 Å². The summed E-state index contributed by atoms with van der Waals surface area (Å²) in [5.41, 5.74) is -0.424. The molecule has 2 fully saturated rings. The van der Waals surface area contributed by atoms with Crippen molar-refractivity contribution in [1.29, 1.82) is 0 Å². The largest absolute Gasteiger partial charge is 0.444 e. The molecule has 0 radical (unpaired) electrons. The van der Waals surface area contributed by atoms with Crippen LogP contribution in [0.4, 0.5) is 4.79 Å². The van der Waals surface area contributed by atoms with Crippen LogP contribution in [-0.4, -0.2) is 30.3 Å². The number of nitrogens with one attached hydrogen (secondary N) is 2. The van der Waals surface area contributed by atoms with E-state index in [2.05, 4.69) is 17.6 Å². The normalized spacial score (nSPS) is 27.8. The van der Waals surface area contributed by atoms with Crippen molar-refractivity contribution < 1.29 is 9.53 Å². The molecule has 128 valence electrons. The second-order valence-corrected chi connectivity index (χ2v) is 8.18.